The molecule has 1 heterocycles. The minimum Gasteiger partial charge on any atom is -0.457 e. The molecule has 1 aromatic heterocycles. The number of halogens is 1. The highest BCUT2D eigenvalue weighted by molar-refractivity contribution is 9.10. The number of carbonyl (C=O) groups excluding carboxylic acids is 1. The van der Waals surface area contributed by atoms with Gasteiger partial charge in [-0.05, 0) is 64.8 Å². The van der Waals surface area contributed by atoms with Crippen LogP contribution < -0.4 is 10.1 Å². The standard InChI is InChI=1S/C19H15BrN2O2/c1-13-4-2-6-15(10-13)22-19(23)14-5-3-7-16(11-14)24-17-8-9-21-18(20)12-17/h2-12H,1H3,(H,22,23). The fraction of sp³-hybridized carbons (Fsp3) is 0.0526. The van der Waals surface area contributed by atoms with Gasteiger partial charge in [0.05, 0.1) is 0 Å². The Bertz CT molecular complexity index is 881. The number of nitrogens with one attached hydrogen (secondary N) is 1. The zero-order valence-electron chi connectivity index (χ0n) is 13.0. The van der Waals surface area contributed by atoms with Gasteiger partial charge in [-0.3, -0.25) is 4.79 Å². The van der Waals surface area contributed by atoms with Crippen LogP contribution in [0.3, 0.4) is 0 Å². The second kappa shape index (κ2) is 7.27. The van der Waals surface area contributed by atoms with Gasteiger partial charge in [-0.15, -0.1) is 0 Å². The van der Waals surface area contributed by atoms with Crippen molar-refractivity contribution in [3.63, 3.8) is 0 Å². The number of rotatable bonds is 4. The van der Waals surface area contributed by atoms with Gasteiger partial charge >= 0.3 is 0 Å². The summed E-state index contributed by atoms with van der Waals surface area (Å²) in [6.07, 6.45) is 1.65. The van der Waals surface area contributed by atoms with Crippen LogP contribution in [0.2, 0.25) is 0 Å². The highest BCUT2D eigenvalue weighted by Crippen LogP contribution is 2.24. The number of aromatic nitrogens is 1. The molecular formula is C19H15BrN2O2. The second-order valence-corrected chi connectivity index (χ2v) is 6.08. The van der Waals surface area contributed by atoms with Crippen molar-refractivity contribution in [2.75, 3.05) is 5.32 Å². The van der Waals surface area contributed by atoms with Crippen LogP contribution >= 0.6 is 15.9 Å². The molecule has 0 saturated carbocycles. The summed E-state index contributed by atoms with van der Waals surface area (Å²) >= 11 is 3.30. The van der Waals surface area contributed by atoms with Gasteiger partial charge in [-0.25, -0.2) is 4.98 Å². The molecule has 3 aromatic rings. The number of ether oxygens (including phenoxy) is 1. The van der Waals surface area contributed by atoms with Crippen molar-refractivity contribution in [2.24, 2.45) is 0 Å². The Labute approximate surface area is 148 Å². The maximum atomic E-state index is 12.4. The molecule has 1 N–H and O–H groups in total. The average molecular weight is 383 g/mol. The Morgan fingerprint density at radius 1 is 1.04 bits per heavy atom. The molecule has 0 unspecified atom stereocenters. The molecule has 0 fully saturated rings. The number of anilines is 1. The molecule has 0 aliphatic rings. The van der Waals surface area contributed by atoms with Crippen molar-refractivity contribution in [1.29, 1.82) is 0 Å². The molecule has 0 bridgehead atoms. The number of nitrogens with zero attached hydrogens (tertiary/aromatic N) is 1. The minimum absolute atomic E-state index is 0.179. The van der Waals surface area contributed by atoms with Crippen LogP contribution in [0.5, 0.6) is 11.5 Å². The van der Waals surface area contributed by atoms with Crippen LogP contribution in [0.15, 0.2) is 71.5 Å². The van der Waals surface area contributed by atoms with Crippen molar-refractivity contribution in [3.05, 3.63) is 82.6 Å². The van der Waals surface area contributed by atoms with Crippen molar-refractivity contribution in [2.45, 2.75) is 6.92 Å². The molecule has 0 aliphatic heterocycles. The van der Waals surface area contributed by atoms with Crippen molar-refractivity contribution in [1.82, 2.24) is 4.98 Å². The van der Waals surface area contributed by atoms with E-state index in [1.165, 1.54) is 0 Å². The first-order chi connectivity index (χ1) is 11.6. The molecule has 1 amide bonds. The van der Waals surface area contributed by atoms with Crippen LogP contribution in [0.1, 0.15) is 15.9 Å². The molecule has 0 radical (unpaired) electrons. The summed E-state index contributed by atoms with van der Waals surface area (Å²) in [6, 6.07) is 18.2. The zero-order valence-corrected chi connectivity index (χ0v) is 14.6. The third-order valence-electron chi connectivity index (χ3n) is 3.31. The molecule has 5 heteroatoms. The molecule has 4 nitrogen and oxygen atoms in total. The van der Waals surface area contributed by atoms with E-state index in [-0.39, 0.29) is 5.91 Å². The Morgan fingerprint density at radius 2 is 1.83 bits per heavy atom. The predicted octanol–water partition coefficient (Wildman–Crippen LogP) is 5.20. The van der Waals surface area contributed by atoms with Gasteiger partial charge in [0.2, 0.25) is 0 Å². The molecule has 3 rings (SSSR count). The fourth-order valence-electron chi connectivity index (χ4n) is 2.21. The predicted molar refractivity (Wildman–Crippen MR) is 97.6 cm³/mol. The molecule has 120 valence electrons. The summed E-state index contributed by atoms with van der Waals surface area (Å²) in [5.74, 6) is 1.06. The monoisotopic (exact) mass is 382 g/mol. The van der Waals surface area contributed by atoms with Crippen LogP contribution in [-0.2, 0) is 0 Å². The maximum absolute atomic E-state index is 12.4. The normalized spacial score (nSPS) is 10.2. The molecule has 2 aromatic carbocycles. The van der Waals surface area contributed by atoms with E-state index in [0.29, 0.717) is 21.7 Å². The van der Waals surface area contributed by atoms with Gasteiger partial charge in [-0.2, -0.15) is 0 Å². The molecule has 0 saturated heterocycles. The number of pyridine rings is 1. The van der Waals surface area contributed by atoms with Gasteiger partial charge in [0.15, 0.2) is 0 Å². The summed E-state index contributed by atoms with van der Waals surface area (Å²) in [4.78, 5) is 16.5. The number of aryl methyl sites for hydroxylation is 1. The summed E-state index contributed by atoms with van der Waals surface area (Å²) in [6.45, 7) is 1.98. The van der Waals surface area contributed by atoms with Crippen LogP contribution in [0.4, 0.5) is 5.69 Å². The van der Waals surface area contributed by atoms with Gasteiger partial charge in [0, 0.05) is 23.5 Å². The average Bonchev–Trinajstić information content (AvgIpc) is 2.55. The number of amides is 1. The van der Waals surface area contributed by atoms with E-state index in [2.05, 4.69) is 26.2 Å². The topological polar surface area (TPSA) is 51.2 Å². The smallest absolute Gasteiger partial charge is 0.255 e. The maximum Gasteiger partial charge on any atom is 0.255 e. The summed E-state index contributed by atoms with van der Waals surface area (Å²) < 4.78 is 6.46. The Hall–Kier alpha value is -2.66. The lowest BCUT2D eigenvalue weighted by Crippen LogP contribution is -2.11. The lowest BCUT2D eigenvalue weighted by molar-refractivity contribution is 0.102. The quantitative estimate of drug-likeness (QED) is 0.631. The van der Waals surface area contributed by atoms with E-state index >= 15 is 0 Å². The Balaban J connectivity index is 1.76. The summed E-state index contributed by atoms with van der Waals surface area (Å²) in [5, 5.41) is 2.89. The summed E-state index contributed by atoms with van der Waals surface area (Å²) in [5.41, 5.74) is 2.39. The van der Waals surface area contributed by atoms with E-state index in [1.807, 2.05) is 31.2 Å². The van der Waals surface area contributed by atoms with Crippen LogP contribution in [0.25, 0.3) is 0 Å². The third kappa shape index (κ3) is 4.20. The highest BCUT2D eigenvalue weighted by atomic mass is 79.9. The van der Waals surface area contributed by atoms with Crippen molar-refractivity contribution >= 4 is 27.5 Å². The van der Waals surface area contributed by atoms with Crippen molar-refractivity contribution < 1.29 is 9.53 Å². The number of hydrogen-bond acceptors (Lipinski definition) is 3. The number of hydrogen-bond donors (Lipinski definition) is 1. The van der Waals surface area contributed by atoms with Crippen LogP contribution in [0, 0.1) is 6.92 Å². The number of benzene rings is 2. The molecule has 0 atom stereocenters. The van der Waals surface area contributed by atoms with Gasteiger partial charge < -0.3 is 10.1 Å². The van der Waals surface area contributed by atoms with Gasteiger partial charge in [-0.1, -0.05) is 18.2 Å². The van der Waals surface area contributed by atoms with Gasteiger partial charge in [0.1, 0.15) is 16.1 Å². The lowest BCUT2D eigenvalue weighted by atomic mass is 10.2. The van der Waals surface area contributed by atoms with Crippen LogP contribution in [-0.4, -0.2) is 10.9 Å². The SMILES string of the molecule is Cc1cccc(NC(=O)c2cccc(Oc3ccnc(Br)c3)c2)c1. The zero-order chi connectivity index (χ0) is 16.9. The Kier molecular flexibility index (Phi) is 4.91. The molecule has 0 spiro atoms. The molecular weight excluding hydrogens is 368 g/mol. The fourth-order valence-corrected chi connectivity index (χ4v) is 2.56. The first kappa shape index (κ1) is 16.2. The van der Waals surface area contributed by atoms with E-state index in [1.54, 1.807) is 42.6 Å². The first-order valence-electron chi connectivity index (χ1n) is 7.38. The summed E-state index contributed by atoms with van der Waals surface area (Å²) in [7, 11) is 0. The molecule has 0 aliphatic carbocycles. The lowest BCUT2D eigenvalue weighted by Gasteiger charge is -2.09. The minimum atomic E-state index is -0.179. The number of carbonyl (C=O) groups is 1. The largest absolute Gasteiger partial charge is 0.457 e. The van der Waals surface area contributed by atoms with E-state index in [4.69, 9.17) is 4.74 Å². The van der Waals surface area contributed by atoms with E-state index in [9.17, 15) is 4.79 Å². The highest BCUT2D eigenvalue weighted by Gasteiger charge is 2.08. The van der Waals surface area contributed by atoms with E-state index < -0.39 is 0 Å². The second-order valence-electron chi connectivity index (χ2n) is 5.27. The first-order valence-corrected chi connectivity index (χ1v) is 8.17. The molecule has 24 heavy (non-hydrogen) atoms. The van der Waals surface area contributed by atoms with Crippen molar-refractivity contribution in [3.8, 4) is 11.5 Å². The van der Waals surface area contributed by atoms with Gasteiger partial charge in [0.25, 0.3) is 5.91 Å². The third-order valence-corrected chi connectivity index (χ3v) is 3.74. The Morgan fingerprint density at radius 3 is 2.62 bits per heavy atom. The van der Waals surface area contributed by atoms with E-state index in [0.717, 1.165) is 11.3 Å².